The van der Waals surface area contributed by atoms with E-state index >= 15 is 0 Å². The average Bonchev–Trinajstić information content (AvgIpc) is 3.37. The number of anilines is 1. The molecule has 2 atom stereocenters. The zero-order valence-electron chi connectivity index (χ0n) is 17.6. The third kappa shape index (κ3) is 4.54. The first-order chi connectivity index (χ1) is 15.7. The maximum atomic E-state index is 14.4. The molecule has 0 unspecified atom stereocenters. The third-order valence-electron chi connectivity index (χ3n) is 5.57. The van der Waals surface area contributed by atoms with E-state index in [2.05, 4.69) is 15.2 Å². The van der Waals surface area contributed by atoms with Gasteiger partial charge in [0, 0.05) is 18.2 Å². The van der Waals surface area contributed by atoms with E-state index in [1.165, 1.54) is 24.0 Å². The van der Waals surface area contributed by atoms with Gasteiger partial charge < -0.3 is 14.5 Å². The molecule has 1 saturated heterocycles. The quantitative estimate of drug-likeness (QED) is 0.498. The molecule has 4 rings (SSSR count). The van der Waals surface area contributed by atoms with Gasteiger partial charge in [-0.2, -0.15) is 0 Å². The summed E-state index contributed by atoms with van der Waals surface area (Å²) in [6.07, 6.45) is 0.231. The molecule has 9 nitrogen and oxygen atoms in total. The monoisotopic (exact) mass is 480 g/mol. The predicted octanol–water partition coefficient (Wildman–Crippen LogP) is 2.68. The molecular formula is C21H22F2N4O5S. The van der Waals surface area contributed by atoms with Crippen molar-refractivity contribution in [3.63, 3.8) is 0 Å². The number of hydrogen-bond acceptors (Lipinski definition) is 6. The molecule has 3 N–H and O–H groups in total. The van der Waals surface area contributed by atoms with Crippen LogP contribution in [0.15, 0.2) is 40.9 Å². The lowest BCUT2D eigenvalue weighted by Crippen LogP contribution is -2.42. The Hall–Kier alpha value is -3.09. The van der Waals surface area contributed by atoms with E-state index in [9.17, 15) is 27.1 Å². The highest BCUT2D eigenvalue weighted by molar-refractivity contribution is 7.89. The van der Waals surface area contributed by atoms with E-state index in [1.807, 2.05) is 0 Å². The van der Waals surface area contributed by atoms with Crippen molar-refractivity contribution >= 4 is 32.8 Å². The van der Waals surface area contributed by atoms with Crippen LogP contribution in [0.2, 0.25) is 0 Å². The Labute approximate surface area is 188 Å². The highest BCUT2D eigenvalue weighted by Crippen LogP contribution is 2.36. The molecule has 1 aliphatic heterocycles. The number of urea groups is 1. The topological polar surface area (TPSA) is 125 Å². The minimum Gasteiger partial charge on any atom is -0.394 e. The van der Waals surface area contributed by atoms with Crippen LogP contribution in [0.5, 0.6) is 0 Å². The first-order valence-corrected chi connectivity index (χ1v) is 11.9. The zero-order chi connectivity index (χ0) is 23.8. The highest BCUT2D eigenvalue weighted by atomic mass is 32.2. The summed E-state index contributed by atoms with van der Waals surface area (Å²) in [5, 5.41) is 16.3. The van der Waals surface area contributed by atoms with Gasteiger partial charge in [-0.25, -0.2) is 26.7 Å². The van der Waals surface area contributed by atoms with Gasteiger partial charge in [-0.15, -0.1) is 0 Å². The van der Waals surface area contributed by atoms with Crippen LogP contribution in [-0.2, 0) is 10.0 Å². The van der Waals surface area contributed by atoms with Gasteiger partial charge in [0.2, 0.25) is 10.0 Å². The molecule has 3 aromatic rings. The number of hydrogen-bond donors (Lipinski definition) is 3. The molecule has 12 heteroatoms. The van der Waals surface area contributed by atoms with Crippen molar-refractivity contribution in [3.8, 4) is 11.1 Å². The molecule has 33 heavy (non-hydrogen) atoms. The van der Waals surface area contributed by atoms with Gasteiger partial charge in [0.1, 0.15) is 11.6 Å². The first kappa shape index (κ1) is 23.1. The Bertz CT molecular complexity index is 1280. The number of benzene rings is 2. The molecule has 1 fully saturated rings. The van der Waals surface area contributed by atoms with Crippen LogP contribution in [0.25, 0.3) is 22.1 Å². The molecule has 1 aliphatic rings. The lowest BCUT2D eigenvalue weighted by Gasteiger charge is -2.22. The second-order valence-electron chi connectivity index (χ2n) is 7.68. The van der Waals surface area contributed by atoms with Crippen LogP contribution in [0.3, 0.4) is 0 Å². The van der Waals surface area contributed by atoms with E-state index in [4.69, 9.17) is 4.52 Å². The van der Waals surface area contributed by atoms with Gasteiger partial charge >= 0.3 is 6.03 Å². The summed E-state index contributed by atoms with van der Waals surface area (Å²) in [5.41, 5.74) is 0.0674. The van der Waals surface area contributed by atoms with Crippen LogP contribution in [0.4, 0.5) is 19.4 Å². The fraction of sp³-hybridized carbons (Fsp3) is 0.333. The Morgan fingerprint density at radius 2 is 1.94 bits per heavy atom. The van der Waals surface area contributed by atoms with Crippen LogP contribution >= 0.6 is 0 Å². The number of halogens is 2. The number of aliphatic hydroxyl groups excluding tert-OH is 1. The van der Waals surface area contributed by atoms with Crippen LogP contribution in [-0.4, -0.2) is 60.6 Å². The summed E-state index contributed by atoms with van der Waals surface area (Å²) in [6.45, 7) is 1.15. The molecular weight excluding hydrogens is 458 g/mol. The number of fused-ring (bicyclic) bond motifs is 1. The average molecular weight is 480 g/mol. The number of aromatic nitrogens is 1. The summed E-state index contributed by atoms with van der Waals surface area (Å²) >= 11 is 0. The molecule has 0 saturated carbocycles. The van der Waals surface area contributed by atoms with Crippen molar-refractivity contribution in [1.82, 2.24) is 14.8 Å². The van der Waals surface area contributed by atoms with Crippen LogP contribution in [0.1, 0.15) is 13.3 Å². The number of carbonyl (C=O) groups excluding carboxylic acids is 1. The number of nitrogens with one attached hydrogen (secondary N) is 2. The number of carbonyl (C=O) groups is 1. The fourth-order valence-electron chi connectivity index (χ4n) is 3.97. The van der Waals surface area contributed by atoms with Crippen LogP contribution in [0, 0.1) is 11.6 Å². The van der Waals surface area contributed by atoms with Gasteiger partial charge in [0.25, 0.3) is 0 Å². The highest BCUT2D eigenvalue weighted by Gasteiger charge is 2.37. The largest absolute Gasteiger partial charge is 0.394 e. The van der Waals surface area contributed by atoms with Crippen molar-refractivity contribution in [1.29, 1.82) is 0 Å². The summed E-state index contributed by atoms with van der Waals surface area (Å²) in [6, 6.07) is 6.22. The lowest BCUT2D eigenvalue weighted by atomic mass is 10.0. The molecule has 2 aromatic carbocycles. The summed E-state index contributed by atoms with van der Waals surface area (Å²) in [5.74, 6) is -1.74. The van der Waals surface area contributed by atoms with E-state index in [1.54, 1.807) is 12.1 Å². The van der Waals surface area contributed by atoms with Crippen LogP contribution < -0.4 is 10.0 Å². The summed E-state index contributed by atoms with van der Waals surface area (Å²) in [4.78, 5) is 14.3. The van der Waals surface area contributed by atoms with E-state index < -0.39 is 39.8 Å². The van der Waals surface area contributed by atoms with E-state index in [0.717, 1.165) is 12.1 Å². The second-order valence-corrected chi connectivity index (χ2v) is 9.72. The standard InChI is InChI=1S/C21H22F2N4O5S/c1-2-33(30,31)26-12-9-13(11-28)27(10-12)21(29)24-20-19-14(5-3-8-17(19)32-25-20)18-15(22)6-4-7-16(18)23/h3-8,12-13,26,28H,2,9-11H2,1H3,(H,24,25,29)/t12-,13-/m0/s1. The Balaban J connectivity index is 1.64. The minimum absolute atomic E-state index is 0.0286. The Morgan fingerprint density at radius 1 is 1.24 bits per heavy atom. The number of likely N-dealkylation sites (tertiary alicyclic amines) is 1. The molecule has 1 aromatic heterocycles. The molecule has 2 heterocycles. The maximum absolute atomic E-state index is 14.4. The van der Waals surface area contributed by atoms with Crippen molar-refractivity contribution in [2.75, 3.05) is 24.2 Å². The molecule has 2 amide bonds. The lowest BCUT2D eigenvalue weighted by molar-refractivity contribution is 0.166. The Morgan fingerprint density at radius 3 is 2.61 bits per heavy atom. The molecule has 0 bridgehead atoms. The van der Waals surface area contributed by atoms with Gasteiger partial charge in [-0.3, -0.25) is 5.32 Å². The predicted molar refractivity (Wildman–Crippen MR) is 117 cm³/mol. The number of sulfonamides is 1. The van der Waals surface area contributed by atoms with Crippen molar-refractivity contribution in [2.45, 2.75) is 25.4 Å². The maximum Gasteiger partial charge on any atom is 0.323 e. The van der Waals surface area contributed by atoms with Crippen molar-refractivity contribution < 1.29 is 31.6 Å². The normalized spacial score (nSPS) is 18.7. The number of nitrogens with zero attached hydrogens (tertiary/aromatic N) is 2. The molecule has 0 aliphatic carbocycles. The second kappa shape index (κ2) is 9.04. The molecule has 0 radical (unpaired) electrons. The first-order valence-electron chi connectivity index (χ1n) is 10.2. The zero-order valence-corrected chi connectivity index (χ0v) is 18.4. The van der Waals surface area contributed by atoms with Gasteiger partial charge in [-0.05, 0) is 31.5 Å². The van der Waals surface area contributed by atoms with Crippen molar-refractivity contribution in [3.05, 3.63) is 48.0 Å². The third-order valence-corrected chi connectivity index (χ3v) is 7.02. The number of aliphatic hydroxyl groups is 1. The van der Waals surface area contributed by atoms with Gasteiger partial charge in [0.15, 0.2) is 11.4 Å². The SMILES string of the molecule is CCS(=O)(=O)N[C@H]1C[C@@H](CO)N(C(=O)Nc2noc3cccc(-c4c(F)cccc4F)c23)C1. The fourth-order valence-corrected chi connectivity index (χ4v) is 4.82. The minimum atomic E-state index is -3.50. The van der Waals surface area contributed by atoms with Crippen molar-refractivity contribution in [2.24, 2.45) is 0 Å². The smallest absolute Gasteiger partial charge is 0.323 e. The molecule has 176 valence electrons. The van der Waals surface area contributed by atoms with E-state index in [0.29, 0.717) is 0 Å². The van der Waals surface area contributed by atoms with Gasteiger partial charge in [0.05, 0.1) is 29.4 Å². The summed E-state index contributed by atoms with van der Waals surface area (Å²) < 4.78 is 60.4. The van der Waals surface area contributed by atoms with E-state index in [-0.39, 0.29) is 53.2 Å². The molecule has 0 spiro atoms. The summed E-state index contributed by atoms with van der Waals surface area (Å²) in [7, 11) is -3.50. The number of amides is 2. The Kier molecular flexibility index (Phi) is 6.32. The van der Waals surface area contributed by atoms with Gasteiger partial charge in [-0.1, -0.05) is 23.4 Å². The number of rotatable bonds is 6.